The van der Waals surface area contributed by atoms with Gasteiger partial charge in [0.1, 0.15) is 11.3 Å². The molecule has 1 aromatic heterocycles. The standard InChI is InChI=1S/C23H23FN4O2S/c1-14-15(2)26-22-19(12-17(24)13-20(22)25-14)23(30)27-18-5-3-16(4-6-18)11-21(29)28-7-9-31-10-8-28/h3-6,12-13H,7-11H2,1-2H3,(H,27,30). The van der Waals surface area contributed by atoms with E-state index in [0.717, 1.165) is 30.2 Å². The Bertz CT molecular complexity index is 1140. The lowest BCUT2D eigenvalue weighted by molar-refractivity contribution is -0.130. The maximum absolute atomic E-state index is 14.1. The molecule has 0 atom stereocenters. The molecule has 1 aliphatic rings. The highest BCUT2D eigenvalue weighted by molar-refractivity contribution is 7.99. The van der Waals surface area contributed by atoms with Crippen LogP contribution in [-0.2, 0) is 11.2 Å². The van der Waals surface area contributed by atoms with E-state index >= 15 is 0 Å². The molecule has 160 valence electrons. The van der Waals surface area contributed by atoms with E-state index in [1.807, 2.05) is 28.8 Å². The lowest BCUT2D eigenvalue weighted by atomic mass is 10.1. The van der Waals surface area contributed by atoms with Gasteiger partial charge >= 0.3 is 0 Å². The quantitative estimate of drug-likeness (QED) is 0.671. The number of rotatable bonds is 4. The molecule has 0 aliphatic carbocycles. The summed E-state index contributed by atoms with van der Waals surface area (Å²) < 4.78 is 14.1. The zero-order chi connectivity index (χ0) is 22.0. The minimum atomic E-state index is -0.542. The predicted octanol–water partition coefficient (Wildman–Crippen LogP) is 3.76. The Labute approximate surface area is 184 Å². The molecule has 1 N–H and O–H groups in total. The maximum atomic E-state index is 14.1. The number of benzene rings is 2. The lowest BCUT2D eigenvalue weighted by Gasteiger charge is -2.26. The molecular formula is C23H23FN4O2S. The molecule has 8 heteroatoms. The van der Waals surface area contributed by atoms with Crippen LogP contribution in [0.25, 0.3) is 11.0 Å². The Balaban J connectivity index is 1.49. The number of carbonyl (C=O) groups excluding carboxylic acids is 2. The Hall–Kier alpha value is -3.00. The second-order valence-electron chi connectivity index (χ2n) is 7.54. The van der Waals surface area contributed by atoms with Gasteiger partial charge in [-0.05, 0) is 37.6 Å². The fourth-order valence-corrected chi connectivity index (χ4v) is 4.38. The van der Waals surface area contributed by atoms with Gasteiger partial charge in [0.05, 0.1) is 28.9 Å². The number of carbonyl (C=O) groups is 2. The molecule has 2 amide bonds. The number of fused-ring (bicyclic) bond motifs is 1. The van der Waals surface area contributed by atoms with Crippen LogP contribution in [0, 0.1) is 19.7 Å². The number of nitrogens with zero attached hydrogens (tertiary/aromatic N) is 3. The van der Waals surface area contributed by atoms with Crippen LogP contribution in [-0.4, -0.2) is 51.3 Å². The van der Waals surface area contributed by atoms with Crippen LogP contribution in [0.3, 0.4) is 0 Å². The van der Waals surface area contributed by atoms with Gasteiger partial charge in [0, 0.05) is 36.3 Å². The number of amides is 2. The second-order valence-corrected chi connectivity index (χ2v) is 8.76. The Morgan fingerprint density at radius 3 is 2.45 bits per heavy atom. The number of nitrogens with one attached hydrogen (secondary N) is 1. The topological polar surface area (TPSA) is 75.2 Å². The van der Waals surface area contributed by atoms with Crippen molar-refractivity contribution in [3.05, 3.63) is 64.7 Å². The van der Waals surface area contributed by atoms with Gasteiger partial charge in [0.15, 0.2) is 0 Å². The molecule has 0 bridgehead atoms. The third-order valence-corrected chi connectivity index (χ3v) is 6.26. The molecule has 4 rings (SSSR count). The van der Waals surface area contributed by atoms with Gasteiger partial charge in [-0.1, -0.05) is 12.1 Å². The summed E-state index contributed by atoms with van der Waals surface area (Å²) in [7, 11) is 0. The normalized spacial score (nSPS) is 14.0. The van der Waals surface area contributed by atoms with E-state index in [2.05, 4.69) is 15.3 Å². The van der Waals surface area contributed by atoms with Crippen molar-refractivity contribution < 1.29 is 14.0 Å². The van der Waals surface area contributed by atoms with Crippen molar-refractivity contribution in [3.63, 3.8) is 0 Å². The molecule has 31 heavy (non-hydrogen) atoms. The Morgan fingerprint density at radius 1 is 1.06 bits per heavy atom. The van der Waals surface area contributed by atoms with E-state index in [1.54, 1.807) is 26.0 Å². The molecule has 1 saturated heterocycles. The number of aromatic nitrogens is 2. The van der Waals surface area contributed by atoms with Crippen molar-refractivity contribution in [3.8, 4) is 0 Å². The molecule has 6 nitrogen and oxygen atoms in total. The van der Waals surface area contributed by atoms with Crippen LogP contribution in [0.1, 0.15) is 27.3 Å². The SMILES string of the molecule is Cc1nc2cc(F)cc(C(=O)Nc3ccc(CC(=O)N4CCSCC4)cc3)c2nc1C. The summed E-state index contributed by atoms with van der Waals surface area (Å²) in [6, 6.07) is 9.58. The van der Waals surface area contributed by atoms with Crippen LogP contribution in [0.15, 0.2) is 36.4 Å². The van der Waals surface area contributed by atoms with Crippen LogP contribution in [0.4, 0.5) is 10.1 Å². The minimum Gasteiger partial charge on any atom is -0.341 e. The molecule has 3 aromatic rings. The largest absolute Gasteiger partial charge is 0.341 e. The highest BCUT2D eigenvalue weighted by Gasteiger charge is 2.18. The predicted molar refractivity (Wildman–Crippen MR) is 121 cm³/mol. The summed E-state index contributed by atoms with van der Waals surface area (Å²) in [5.41, 5.74) is 3.67. The first-order valence-corrected chi connectivity index (χ1v) is 11.3. The number of anilines is 1. The van der Waals surface area contributed by atoms with Crippen molar-refractivity contribution in [2.45, 2.75) is 20.3 Å². The molecule has 2 aromatic carbocycles. The third-order valence-electron chi connectivity index (χ3n) is 5.32. The zero-order valence-corrected chi connectivity index (χ0v) is 18.3. The van der Waals surface area contributed by atoms with Gasteiger partial charge in [-0.2, -0.15) is 11.8 Å². The molecule has 0 radical (unpaired) electrons. The molecule has 0 unspecified atom stereocenters. The van der Waals surface area contributed by atoms with Gasteiger partial charge in [0.25, 0.3) is 5.91 Å². The van der Waals surface area contributed by atoms with E-state index in [4.69, 9.17) is 0 Å². The van der Waals surface area contributed by atoms with Crippen molar-refractivity contribution in [1.82, 2.24) is 14.9 Å². The Morgan fingerprint density at radius 2 is 1.74 bits per heavy atom. The summed E-state index contributed by atoms with van der Waals surface area (Å²) in [5.74, 6) is 1.08. The maximum Gasteiger partial charge on any atom is 0.258 e. The monoisotopic (exact) mass is 438 g/mol. The van der Waals surface area contributed by atoms with E-state index in [1.165, 1.54) is 12.1 Å². The van der Waals surface area contributed by atoms with Gasteiger partial charge in [0.2, 0.25) is 5.91 Å². The zero-order valence-electron chi connectivity index (χ0n) is 17.4. The van der Waals surface area contributed by atoms with Crippen molar-refractivity contribution >= 4 is 40.3 Å². The van der Waals surface area contributed by atoms with Crippen LogP contribution < -0.4 is 5.32 Å². The van der Waals surface area contributed by atoms with Crippen molar-refractivity contribution in [2.75, 3.05) is 29.9 Å². The summed E-state index contributed by atoms with van der Waals surface area (Å²) in [6.07, 6.45) is 0.335. The average molecular weight is 439 g/mol. The first kappa shape index (κ1) is 21.2. The average Bonchev–Trinajstić information content (AvgIpc) is 2.76. The van der Waals surface area contributed by atoms with Crippen molar-refractivity contribution in [1.29, 1.82) is 0 Å². The molecule has 1 aliphatic heterocycles. The van der Waals surface area contributed by atoms with E-state index in [0.29, 0.717) is 34.5 Å². The fourth-order valence-electron chi connectivity index (χ4n) is 3.47. The first-order valence-electron chi connectivity index (χ1n) is 10.1. The first-order chi connectivity index (χ1) is 14.9. The molecule has 0 spiro atoms. The van der Waals surface area contributed by atoms with E-state index in [-0.39, 0.29) is 11.5 Å². The summed E-state index contributed by atoms with van der Waals surface area (Å²) in [6.45, 7) is 5.18. The van der Waals surface area contributed by atoms with Crippen LogP contribution >= 0.6 is 11.8 Å². The summed E-state index contributed by atoms with van der Waals surface area (Å²) >= 11 is 1.87. The number of aryl methyl sites for hydroxylation is 2. The van der Waals surface area contributed by atoms with Gasteiger partial charge in [-0.3, -0.25) is 9.59 Å². The lowest BCUT2D eigenvalue weighted by Crippen LogP contribution is -2.38. The summed E-state index contributed by atoms with van der Waals surface area (Å²) in [5, 5.41) is 2.78. The number of halogens is 1. The smallest absolute Gasteiger partial charge is 0.258 e. The van der Waals surface area contributed by atoms with E-state index < -0.39 is 11.7 Å². The summed E-state index contributed by atoms with van der Waals surface area (Å²) in [4.78, 5) is 35.9. The van der Waals surface area contributed by atoms with Crippen LogP contribution in [0.2, 0.25) is 0 Å². The van der Waals surface area contributed by atoms with Gasteiger partial charge in [-0.25, -0.2) is 14.4 Å². The number of thioether (sulfide) groups is 1. The Kier molecular flexibility index (Phi) is 6.18. The molecule has 1 fully saturated rings. The highest BCUT2D eigenvalue weighted by Crippen LogP contribution is 2.21. The fraction of sp³-hybridized carbons (Fsp3) is 0.304. The third kappa shape index (κ3) is 4.85. The van der Waals surface area contributed by atoms with Gasteiger partial charge in [-0.15, -0.1) is 0 Å². The number of hydrogen-bond acceptors (Lipinski definition) is 5. The second kappa shape index (κ2) is 9.01. The number of hydrogen-bond donors (Lipinski definition) is 1. The molecule has 2 heterocycles. The van der Waals surface area contributed by atoms with Crippen molar-refractivity contribution in [2.24, 2.45) is 0 Å². The molecular weight excluding hydrogens is 415 g/mol. The van der Waals surface area contributed by atoms with Gasteiger partial charge < -0.3 is 10.2 Å². The van der Waals surface area contributed by atoms with E-state index in [9.17, 15) is 14.0 Å². The minimum absolute atomic E-state index is 0.118. The van der Waals surface area contributed by atoms with Crippen LogP contribution in [0.5, 0.6) is 0 Å². The highest BCUT2D eigenvalue weighted by atomic mass is 32.2. The molecule has 0 saturated carbocycles.